The first-order chi connectivity index (χ1) is 14.1. The molecule has 3 aromatic carbocycles. The van der Waals surface area contributed by atoms with Crippen molar-refractivity contribution in [2.24, 2.45) is 5.92 Å². The Balaban J connectivity index is 1.92. The van der Waals surface area contributed by atoms with Crippen LogP contribution in [0.5, 0.6) is 0 Å². The summed E-state index contributed by atoms with van der Waals surface area (Å²) in [6.07, 6.45) is 0. The third-order valence-corrected chi connectivity index (χ3v) is 4.98. The van der Waals surface area contributed by atoms with E-state index in [1.165, 1.54) is 0 Å². The average Bonchev–Trinajstić information content (AvgIpc) is 2.78. The number of rotatable bonds is 10. The van der Waals surface area contributed by atoms with Crippen molar-refractivity contribution in [3.8, 4) is 0 Å². The quantitative estimate of drug-likeness (QED) is 0.352. The minimum absolute atomic E-state index is 0.0204. The number of ether oxygens (including phenoxy) is 2. The zero-order chi connectivity index (χ0) is 20.5. The lowest BCUT2D eigenvalue weighted by Gasteiger charge is -2.36. The molecule has 0 spiro atoms. The summed E-state index contributed by atoms with van der Waals surface area (Å²) in [6, 6.07) is 30.7. The van der Waals surface area contributed by atoms with Crippen molar-refractivity contribution in [1.29, 1.82) is 0 Å². The molecule has 3 rings (SSSR count). The molecule has 0 amide bonds. The Bertz CT molecular complexity index is 777. The standard InChI is InChI=1S/C26H28O3/c1-21(2)25(27)20-28-18-19-29-26(22-12-6-3-7-13-22,23-14-8-4-9-15-23)24-16-10-5-11-17-24/h3-17,21H,18-20H2,1-2H3. The van der Waals surface area contributed by atoms with Gasteiger partial charge in [0.25, 0.3) is 0 Å². The Morgan fingerprint density at radius 2 is 1.14 bits per heavy atom. The van der Waals surface area contributed by atoms with Crippen LogP contribution in [0.4, 0.5) is 0 Å². The number of hydrogen-bond donors (Lipinski definition) is 0. The second kappa shape index (κ2) is 10.1. The van der Waals surface area contributed by atoms with Gasteiger partial charge >= 0.3 is 0 Å². The number of benzene rings is 3. The van der Waals surface area contributed by atoms with Gasteiger partial charge in [-0.15, -0.1) is 0 Å². The second-order valence-corrected chi connectivity index (χ2v) is 7.30. The van der Waals surface area contributed by atoms with Gasteiger partial charge in [0.05, 0.1) is 13.2 Å². The van der Waals surface area contributed by atoms with Crippen LogP contribution in [0.3, 0.4) is 0 Å². The van der Waals surface area contributed by atoms with Crippen molar-refractivity contribution in [2.45, 2.75) is 19.4 Å². The fraction of sp³-hybridized carbons (Fsp3) is 0.269. The number of Topliss-reactive ketones (excluding diaryl/α,β-unsaturated/α-hetero) is 1. The minimum atomic E-state index is -0.755. The molecule has 0 radical (unpaired) electrons. The first-order valence-electron chi connectivity index (χ1n) is 10.1. The summed E-state index contributed by atoms with van der Waals surface area (Å²) in [7, 11) is 0. The van der Waals surface area contributed by atoms with Gasteiger partial charge in [-0.3, -0.25) is 4.79 Å². The van der Waals surface area contributed by atoms with Gasteiger partial charge in [-0.1, -0.05) is 105 Å². The minimum Gasteiger partial charge on any atom is -0.371 e. The first-order valence-corrected chi connectivity index (χ1v) is 10.1. The average molecular weight is 389 g/mol. The van der Waals surface area contributed by atoms with Gasteiger partial charge in [0, 0.05) is 5.92 Å². The lowest BCUT2D eigenvalue weighted by molar-refractivity contribution is -0.127. The summed E-state index contributed by atoms with van der Waals surface area (Å²) < 4.78 is 12.2. The van der Waals surface area contributed by atoms with E-state index in [2.05, 4.69) is 36.4 Å². The Labute approximate surface area is 173 Å². The molecule has 0 aromatic heterocycles. The van der Waals surface area contributed by atoms with Crippen LogP contribution in [-0.4, -0.2) is 25.6 Å². The smallest absolute Gasteiger partial charge is 0.160 e. The highest BCUT2D eigenvalue weighted by atomic mass is 16.5. The van der Waals surface area contributed by atoms with Crippen LogP contribution < -0.4 is 0 Å². The Morgan fingerprint density at radius 3 is 1.52 bits per heavy atom. The maximum Gasteiger partial charge on any atom is 0.160 e. The van der Waals surface area contributed by atoms with Gasteiger partial charge in [-0.25, -0.2) is 0 Å². The van der Waals surface area contributed by atoms with Crippen LogP contribution in [0.25, 0.3) is 0 Å². The summed E-state index contributed by atoms with van der Waals surface area (Å²) in [5.41, 5.74) is 2.40. The van der Waals surface area contributed by atoms with E-state index < -0.39 is 5.60 Å². The van der Waals surface area contributed by atoms with Crippen LogP contribution in [0.15, 0.2) is 91.0 Å². The van der Waals surface area contributed by atoms with Crippen molar-refractivity contribution in [3.05, 3.63) is 108 Å². The molecule has 0 aliphatic carbocycles. The molecule has 29 heavy (non-hydrogen) atoms. The van der Waals surface area contributed by atoms with Crippen molar-refractivity contribution in [2.75, 3.05) is 19.8 Å². The molecule has 0 bridgehead atoms. The Hall–Kier alpha value is -2.75. The maximum absolute atomic E-state index is 11.8. The molecule has 0 unspecified atom stereocenters. The van der Waals surface area contributed by atoms with Crippen LogP contribution in [0, 0.1) is 5.92 Å². The predicted molar refractivity (Wildman–Crippen MR) is 116 cm³/mol. The number of carbonyl (C=O) groups is 1. The van der Waals surface area contributed by atoms with Gasteiger partial charge in [-0.05, 0) is 16.7 Å². The van der Waals surface area contributed by atoms with Gasteiger partial charge in [-0.2, -0.15) is 0 Å². The van der Waals surface area contributed by atoms with Gasteiger partial charge in [0.1, 0.15) is 12.2 Å². The van der Waals surface area contributed by atoms with Gasteiger partial charge in [0.15, 0.2) is 5.78 Å². The van der Waals surface area contributed by atoms with Crippen LogP contribution in [-0.2, 0) is 19.9 Å². The zero-order valence-electron chi connectivity index (χ0n) is 17.1. The molecule has 0 N–H and O–H groups in total. The fourth-order valence-electron chi connectivity index (χ4n) is 3.36. The molecule has 0 saturated carbocycles. The van der Waals surface area contributed by atoms with E-state index in [-0.39, 0.29) is 18.3 Å². The number of carbonyl (C=O) groups excluding carboxylic acids is 1. The third kappa shape index (κ3) is 5.00. The summed E-state index contributed by atoms with van der Waals surface area (Å²) in [6.45, 7) is 4.60. The highest BCUT2D eigenvalue weighted by Crippen LogP contribution is 2.40. The highest BCUT2D eigenvalue weighted by Gasteiger charge is 2.37. The van der Waals surface area contributed by atoms with Gasteiger partial charge in [0.2, 0.25) is 0 Å². The third-order valence-electron chi connectivity index (χ3n) is 4.98. The lowest BCUT2D eigenvalue weighted by atomic mass is 9.80. The molecular formula is C26H28O3. The highest BCUT2D eigenvalue weighted by molar-refractivity contribution is 5.81. The van der Waals surface area contributed by atoms with E-state index in [9.17, 15) is 4.79 Å². The predicted octanol–water partition coefficient (Wildman–Crippen LogP) is 5.24. The Kier molecular flexibility index (Phi) is 7.34. The van der Waals surface area contributed by atoms with E-state index in [1.54, 1.807) is 0 Å². The summed E-state index contributed by atoms with van der Waals surface area (Å²) in [5, 5.41) is 0. The molecule has 150 valence electrons. The zero-order valence-corrected chi connectivity index (χ0v) is 17.1. The molecule has 3 nitrogen and oxygen atoms in total. The molecule has 0 saturated heterocycles. The number of hydrogen-bond acceptors (Lipinski definition) is 3. The van der Waals surface area contributed by atoms with Gasteiger partial charge < -0.3 is 9.47 Å². The van der Waals surface area contributed by atoms with E-state index in [1.807, 2.05) is 68.4 Å². The van der Waals surface area contributed by atoms with Crippen LogP contribution in [0.1, 0.15) is 30.5 Å². The van der Waals surface area contributed by atoms with Crippen molar-refractivity contribution >= 4 is 5.78 Å². The monoisotopic (exact) mass is 388 g/mol. The molecule has 0 aliphatic rings. The van der Waals surface area contributed by atoms with E-state index in [4.69, 9.17) is 9.47 Å². The SMILES string of the molecule is CC(C)C(=O)COCCOC(c1ccccc1)(c1ccccc1)c1ccccc1. The van der Waals surface area contributed by atoms with E-state index >= 15 is 0 Å². The largest absolute Gasteiger partial charge is 0.371 e. The summed E-state index contributed by atoms with van der Waals surface area (Å²) in [4.78, 5) is 11.8. The molecule has 3 heteroatoms. The second-order valence-electron chi connectivity index (χ2n) is 7.30. The van der Waals surface area contributed by atoms with Crippen molar-refractivity contribution in [3.63, 3.8) is 0 Å². The van der Waals surface area contributed by atoms with Crippen LogP contribution in [0.2, 0.25) is 0 Å². The van der Waals surface area contributed by atoms with Crippen LogP contribution >= 0.6 is 0 Å². The molecule has 0 heterocycles. The normalized spacial score (nSPS) is 11.6. The molecule has 0 fully saturated rings. The Morgan fingerprint density at radius 1 is 0.724 bits per heavy atom. The topological polar surface area (TPSA) is 35.5 Å². The number of ketones is 1. The fourth-order valence-corrected chi connectivity index (χ4v) is 3.36. The molecule has 0 aliphatic heterocycles. The van der Waals surface area contributed by atoms with E-state index in [0.29, 0.717) is 13.2 Å². The lowest BCUT2D eigenvalue weighted by Crippen LogP contribution is -2.34. The molecule has 3 aromatic rings. The molecular weight excluding hydrogens is 360 g/mol. The van der Waals surface area contributed by atoms with E-state index in [0.717, 1.165) is 16.7 Å². The summed E-state index contributed by atoms with van der Waals surface area (Å²) in [5.74, 6) is 0.0819. The van der Waals surface area contributed by atoms with Crippen molar-refractivity contribution < 1.29 is 14.3 Å². The summed E-state index contributed by atoms with van der Waals surface area (Å²) >= 11 is 0. The first kappa shape index (κ1) is 21.0. The maximum atomic E-state index is 11.8. The van der Waals surface area contributed by atoms with Crippen molar-refractivity contribution in [1.82, 2.24) is 0 Å². The molecule has 0 atom stereocenters.